The lowest BCUT2D eigenvalue weighted by Gasteiger charge is -2.06. The second kappa shape index (κ2) is 6.14. The van der Waals surface area contributed by atoms with Gasteiger partial charge in [-0.25, -0.2) is 0 Å². The number of hydrogen-bond acceptors (Lipinski definition) is 5. The summed E-state index contributed by atoms with van der Waals surface area (Å²) in [5.41, 5.74) is -0.0206. The normalized spacial score (nSPS) is 10.5. The SMILES string of the molecule is CC(=O)Oc1ccc2c(=O)c(Oc3ccc(Cl)cc3)coc2c1. The van der Waals surface area contributed by atoms with Crippen LogP contribution < -0.4 is 14.9 Å². The minimum Gasteiger partial charge on any atom is -0.460 e. The zero-order valence-corrected chi connectivity index (χ0v) is 12.8. The third kappa shape index (κ3) is 3.35. The lowest BCUT2D eigenvalue weighted by molar-refractivity contribution is -0.131. The molecule has 3 rings (SSSR count). The number of fused-ring (bicyclic) bond motifs is 1. The van der Waals surface area contributed by atoms with Gasteiger partial charge >= 0.3 is 5.97 Å². The van der Waals surface area contributed by atoms with Gasteiger partial charge < -0.3 is 13.9 Å². The number of ether oxygens (including phenoxy) is 2. The fraction of sp³-hybridized carbons (Fsp3) is 0.0588. The molecule has 0 aliphatic carbocycles. The Bertz CT molecular complexity index is 928. The van der Waals surface area contributed by atoms with E-state index in [1.807, 2.05) is 0 Å². The van der Waals surface area contributed by atoms with Crippen molar-refractivity contribution in [3.63, 3.8) is 0 Å². The van der Waals surface area contributed by atoms with Crippen LogP contribution in [0.15, 0.2) is 57.9 Å². The zero-order chi connectivity index (χ0) is 16.4. The topological polar surface area (TPSA) is 65.7 Å². The first-order valence-electron chi connectivity index (χ1n) is 6.70. The number of carbonyl (C=O) groups is 1. The Hall–Kier alpha value is -2.79. The van der Waals surface area contributed by atoms with E-state index >= 15 is 0 Å². The maximum atomic E-state index is 12.4. The van der Waals surface area contributed by atoms with Gasteiger partial charge in [0.05, 0.1) is 5.39 Å². The van der Waals surface area contributed by atoms with E-state index < -0.39 is 5.97 Å². The third-order valence-corrected chi connectivity index (χ3v) is 3.27. The molecule has 0 aliphatic heterocycles. The molecular formula is C17H11ClO5. The molecule has 0 aliphatic rings. The largest absolute Gasteiger partial charge is 0.460 e. The van der Waals surface area contributed by atoms with Crippen molar-refractivity contribution in [3.8, 4) is 17.2 Å². The molecule has 0 amide bonds. The lowest BCUT2D eigenvalue weighted by Crippen LogP contribution is -2.06. The Morgan fingerprint density at radius 2 is 1.78 bits per heavy atom. The van der Waals surface area contributed by atoms with Crippen molar-refractivity contribution in [3.05, 3.63) is 64.0 Å². The molecule has 0 radical (unpaired) electrons. The highest BCUT2D eigenvalue weighted by Crippen LogP contribution is 2.24. The van der Waals surface area contributed by atoms with Gasteiger partial charge in [-0.3, -0.25) is 9.59 Å². The molecule has 3 aromatic rings. The second-order valence-corrected chi connectivity index (χ2v) is 5.17. The van der Waals surface area contributed by atoms with E-state index in [1.165, 1.54) is 31.4 Å². The number of benzene rings is 2. The fourth-order valence-corrected chi connectivity index (χ4v) is 2.15. The van der Waals surface area contributed by atoms with Gasteiger partial charge in [-0.15, -0.1) is 0 Å². The van der Waals surface area contributed by atoms with Gasteiger partial charge in [0.1, 0.15) is 23.3 Å². The molecule has 6 heteroatoms. The summed E-state index contributed by atoms with van der Waals surface area (Å²) in [4.78, 5) is 23.4. The van der Waals surface area contributed by atoms with Gasteiger partial charge in [0.2, 0.25) is 11.2 Å². The predicted molar refractivity (Wildman–Crippen MR) is 85.3 cm³/mol. The van der Waals surface area contributed by atoms with Crippen molar-refractivity contribution >= 4 is 28.5 Å². The summed E-state index contributed by atoms with van der Waals surface area (Å²) >= 11 is 5.80. The van der Waals surface area contributed by atoms with Gasteiger partial charge in [0, 0.05) is 18.0 Å². The predicted octanol–water partition coefficient (Wildman–Crippen LogP) is 4.16. The van der Waals surface area contributed by atoms with Crippen LogP contribution in [0.1, 0.15) is 6.92 Å². The van der Waals surface area contributed by atoms with Gasteiger partial charge in [0.25, 0.3) is 0 Å². The first-order chi connectivity index (χ1) is 11.0. The van der Waals surface area contributed by atoms with Crippen LogP contribution in [0.5, 0.6) is 17.2 Å². The lowest BCUT2D eigenvalue weighted by atomic mass is 10.2. The van der Waals surface area contributed by atoms with E-state index in [2.05, 4.69) is 0 Å². The first kappa shape index (κ1) is 15.1. The molecule has 0 saturated carbocycles. The zero-order valence-electron chi connectivity index (χ0n) is 12.0. The van der Waals surface area contributed by atoms with Gasteiger partial charge in [0.15, 0.2) is 0 Å². The monoisotopic (exact) mass is 330 g/mol. The highest BCUT2D eigenvalue weighted by atomic mass is 35.5. The number of carbonyl (C=O) groups excluding carboxylic acids is 1. The maximum Gasteiger partial charge on any atom is 0.308 e. The molecule has 116 valence electrons. The summed E-state index contributed by atoms with van der Waals surface area (Å²) in [6, 6.07) is 11.1. The van der Waals surface area contributed by atoms with Crippen molar-refractivity contribution in [2.75, 3.05) is 0 Å². The average Bonchev–Trinajstić information content (AvgIpc) is 2.51. The molecule has 0 fully saturated rings. The first-order valence-corrected chi connectivity index (χ1v) is 7.08. The van der Waals surface area contributed by atoms with Crippen molar-refractivity contribution in [2.24, 2.45) is 0 Å². The maximum absolute atomic E-state index is 12.4. The van der Waals surface area contributed by atoms with Crippen molar-refractivity contribution in [2.45, 2.75) is 6.92 Å². The van der Waals surface area contributed by atoms with E-state index in [-0.39, 0.29) is 11.2 Å². The van der Waals surface area contributed by atoms with E-state index in [4.69, 9.17) is 25.5 Å². The minimum absolute atomic E-state index is 0.0556. The molecule has 0 unspecified atom stereocenters. The Labute approximate surface area is 136 Å². The Balaban J connectivity index is 1.97. The standard InChI is InChI=1S/C17H11ClO5/c1-10(19)22-13-6-7-14-15(8-13)21-9-16(17(14)20)23-12-4-2-11(18)3-5-12/h2-9H,1H3. The Morgan fingerprint density at radius 3 is 2.48 bits per heavy atom. The summed E-state index contributed by atoms with van der Waals surface area (Å²) in [7, 11) is 0. The fourth-order valence-electron chi connectivity index (χ4n) is 2.02. The average molecular weight is 331 g/mol. The molecule has 1 aromatic heterocycles. The summed E-state index contributed by atoms with van der Waals surface area (Å²) in [6.45, 7) is 1.30. The molecule has 0 saturated heterocycles. The highest BCUT2D eigenvalue weighted by molar-refractivity contribution is 6.30. The number of rotatable bonds is 3. The van der Waals surface area contributed by atoms with Crippen LogP contribution in [0, 0.1) is 0 Å². The van der Waals surface area contributed by atoms with Gasteiger partial charge in [-0.05, 0) is 36.4 Å². The molecule has 0 atom stereocenters. The Morgan fingerprint density at radius 1 is 1.09 bits per heavy atom. The van der Waals surface area contributed by atoms with Crippen LogP contribution in [0.3, 0.4) is 0 Å². The van der Waals surface area contributed by atoms with E-state index in [1.54, 1.807) is 24.3 Å². The van der Waals surface area contributed by atoms with Gasteiger partial charge in [-0.2, -0.15) is 0 Å². The summed E-state index contributed by atoms with van der Waals surface area (Å²) < 4.78 is 15.9. The molecule has 1 heterocycles. The smallest absolute Gasteiger partial charge is 0.308 e. The van der Waals surface area contributed by atoms with Crippen LogP contribution in [-0.4, -0.2) is 5.97 Å². The van der Waals surface area contributed by atoms with Crippen LogP contribution in [0.4, 0.5) is 0 Å². The molecule has 5 nitrogen and oxygen atoms in total. The van der Waals surface area contributed by atoms with Crippen molar-refractivity contribution < 1.29 is 18.7 Å². The van der Waals surface area contributed by atoms with E-state index in [0.717, 1.165) is 0 Å². The third-order valence-electron chi connectivity index (χ3n) is 3.02. The van der Waals surface area contributed by atoms with E-state index in [9.17, 15) is 9.59 Å². The van der Waals surface area contributed by atoms with Crippen LogP contribution in [0.25, 0.3) is 11.0 Å². The number of esters is 1. The second-order valence-electron chi connectivity index (χ2n) is 4.74. The molecule has 2 aromatic carbocycles. The quantitative estimate of drug-likeness (QED) is 0.533. The Kier molecular flexibility index (Phi) is 4.04. The summed E-state index contributed by atoms with van der Waals surface area (Å²) in [5.74, 6) is 0.381. The summed E-state index contributed by atoms with van der Waals surface area (Å²) in [5, 5.41) is 0.897. The van der Waals surface area contributed by atoms with Crippen molar-refractivity contribution in [1.82, 2.24) is 0 Å². The number of hydrogen-bond donors (Lipinski definition) is 0. The number of halogens is 1. The molecule has 23 heavy (non-hydrogen) atoms. The van der Waals surface area contributed by atoms with Crippen molar-refractivity contribution in [1.29, 1.82) is 0 Å². The van der Waals surface area contributed by atoms with E-state index in [0.29, 0.717) is 27.5 Å². The molecule has 0 N–H and O–H groups in total. The highest BCUT2D eigenvalue weighted by Gasteiger charge is 2.11. The van der Waals surface area contributed by atoms with Crippen LogP contribution >= 0.6 is 11.6 Å². The summed E-state index contributed by atoms with van der Waals surface area (Å²) in [6.07, 6.45) is 1.22. The van der Waals surface area contributed by atoms with Gasteiger partial charge in [-0.1, -0.05) is 11.6 Å². The van der Waals surface area contributed by atoms with Crippen LogP contribution in [0.2, 0.25) is 5.02 Å². The minimum atomic E-state index is -0.450. The van der Waals surface area contributed by atoms with Crippen LogP contribution in [-0.2, 0) is 4.79 Å². The molecule has 0 bridgehead atoms. The molecular weight excluding hydrogens is 320 g/mol. The molecule has 0 spiro atoms.